The minimum absolute atomic E-state index is 0.0673. The minimum atomic E-state index is -3.58. The Morgan fingerprint density at radius 1 is 0.964 bits per heavy atom. The summed E-state index contributed by atoms with van der Waals surface area (Å²) in [5, 5.41) is 6.43. The number of amides is 2. The van der Waals surface area contributed by atoms with Crippen molar-refractivity contribution in [2.75, 3.05) is 18.4 Å². The van der Waals surface area contributed by atoms with Gasteiger partial charge in [-0.3, -0.25) is 9.59 Å². The second kappa shape index (κ2) is 10.4. The molecule has 0 saturated heterocycles. The van der Waals surface area contributed by atoms with Gasteiger partial charge in [-0.25, -0.2) is 13.1 Å². The lowest BCUT2D eigenvalue weighted by Crippen LogP contribution is -2.33. The van der Waals surface area contributed by atoms with Crippen LogP contribution in [0.3, 0.4) is 0 Å². The number of carbonyl (C=O) groups excluding carboxylic acids is 2. The first-order chi connectivity index (χ1) is 13.4. The largest absolute Gasteiger partial charge is 0.351 e. The lowest BCUT2D eigenvalue weighted by Gasteiger charge is -2.07. The van der Waals surface area contributed by atoms with E-state index >= 15 is 0 Å². The van der Waals surface area contributed by atoms with Crippen LogP contribution in [0, 0.1) is 0 Å². The SMILES string of the molecule is CCC(=O)Nc1ccc(C(=O)NCCNS(=O)(=O)/C=C/c2ccccc2)cc1. The van der Waals surface area contributed by atoms with Crippen LogP contribution in [0.1, 0.15) is 29.3 Å². The van der Waals surface area contributed by atoms with Crippen molar-refractivity contribution in [2.24, 2.45) is 0 Å². The second-order valence-electron chi connectivity index (χ2n) is 5.89. The van der Waals surface area contributed by atoms with Crippen LogP contribution in [0.5, 0.6) is 0 Å². The van der Waals surface area contributed by atoms with Crippen molar-refractivity contribution in [1.82, 2.24) is 10.0 Å². The lowest BCUT2D eigenvalue weighted by atomic mass is 10.2. The zero-order chi connectivity index (χ0) is 20.4. The fraction of sp³-hybridized carbons (Fsp3) is 0.200. The van der Waals surface area contributed by atoms with Gasteiger partial charge >= 0.3 is 0 Å². The van der Waals surface area contributed by atoms with E-state index in [1.54, 1.807) is 43.3 Å². The Kier molecular flexibility index (Phi) is 7.91. The fourth-order valence-electron chi connectivity index (χ4n) is 2.21. The third-order valence-corrected chi connectivity index (χ3v) is 4.81. The quantitative estimate of drug-likeness (QED) is 0.561. The molecule has 148 valence electrons. The molecule has 2 aromatic carbocycles. The Morgan fingerprint density at radius 3 is 2.29 bits per heavy atom. The van der Waals surface area contributed by atoms with Gasteiger partial charge in [-0.05, 0) is 35.9 Å². The Labute approximate surface area is 164 Å². The predicted molar refractivity (Wildman–Crippen MR) is 110 cm³/mol. The fourth-order valence-corrected chi connectivity index (χ4v) is 3.03. The van der Waals surface area contributed by atoms with E-state index in [4.69, 9.17) is 0 Å². The van der Waals surface area contributed by atoms with Gasteiger partial charge in [-0.2, -0.15) is 0 Å². The van der Waals surface area contributed by atoms with Crippen molar-refractivity contribution in [3.63, 3.8) is 0 Å². The van der Waals surface area contributed by atoms with Crippen LogP contribution in [0.25, 0.3) is 6.08 Å². The maximum Gasteiger partial charge on any atom is 0.251 e. The van der Waals surface area contributed by atoms with E-state index in [9.17, 15) is 18.0 Å². The van der Waals surface area contributed by atoms with Gasteiger partial charge in [0, 0.05) is 36.2 Å². The molecule has 28 heavy (non-hydrogen) atoms. The highest BCUT2D eigenvalue weighted by atomic mass is 32.2. The summed E-state index contributed by atoms with van der Waals surface area (Å²) in [6.07, 6.45) is 1.87. The average molecular weight is 401 g/mol. The molecule has 0 saturated carbocycles. The summed E-state index contributed by atoms with van der Waals surface area (Å²) in [4.78, 5) is 23.4. The molecule has 0 aliphatic heterocycles. The molecule has 3 N–H and O–H groups in total. The highest BCUT2D eigenvalue weighted by molar-refractivity contribution is 7.92. The molecule has 2 aromatic rings. The zero-order valence-electron chi connectivity index (χ0n) is 15.5. The van der Waals surface area contributed by atoms with Crippen LogP contribution in [-0.2, 0) is 14.8 Å². The highest BCUT2D eigenvalue weighted by Crippen LogP contribution is 2.10. The number of carbonyl (C=O) groups is 2. The molecule has 0 aliphatic carbocycles. The third kappa shape index (κ3) is 7.34. The van der Waals surface area contributed by atoms with Gasteiger partial charge in [0.2, 0.25) is 15.9 Å². The first-order valence-electron chi connectivity index (χ1n) is 8.80. The zero-order valence-corrected chi connectivity index (χ0v) is 16.3. The summed E-state index contributed by atoms with van der Waals surface area (Å²) in [7, 11) is -3.58. The van der Waals surface area contributed by atoms with Gasteiger partial charge in [-0.1, -0.05) is 37.3 Å². The molecule has 0 heterocycles. The molecule has 0 fully saturated rings. The van der Waals surface area contributed by atoms with Crippen LogP contribution in [-0.4, -0.2) is 33.3 Å². The summed E-state index contributed by atoms with van der Waals surface area (Å²) in [6, 6.07) is 15.5. The van der Waals surface area contributed by atoms with E-state index in [0.717, 1.165) is 11.0 Å². The Hall–Kier alpha value is -2.97. The molecule has 0 atom stereocenters. The summed E-state index contributed by atoms with van der Waals surface area (Å²) in [6.45, 7) is 1.96. The maximum absolute atomic E-state index is 12.1. The van der Waals surface area contributed by atoms with Crippen molar-refractivity contribution >= 4 is 33.6 Å². The normalized spacial score (nSPS) is 11.3. The van der Waals surface area contributed by atoms with Gasteiger partial charge in [0.1, 0.15) is 0 Å². The van der Waals surface area contributed by atoms with E-state index in [1.165, 1.54) is 6.08 Å². The first-order valence-corrected chi connectivity index (χ1v) is 10.3. The first kappa shape index (κ1) is 21.3. The van der Waals surface area contributed by atoms with Gasteiger partial charge in [0.25, 0.3) is 5.91 Å². The molecule has 8 heteroatoms. The summed E-state index contributed by atoms with van der Waals surface area (Å²) < 4.78 is 26.2. The van der Waals surface area contributed by atoms with Gasteiger partial charge in [0.05, 0.1) is 0 Å². The van der Waals surface area contributed by atoms with E-state index < -0.39 is 10.0 Å². The van der Waals surface area contributed by atoms with Gasteiger partial charge in [-0.15, -0.1) is 0 Å². The number of rotatable bonds is 9. The summed E-state index contributed by atoms with van der Waals surface area (Å²) in [5.74, 6) is -0.432. The average Bonchev–Trinajstić information content (AvgIpc) is 2.71. The van der Waals surface area contributed by atoms with Crippen LogP contribution in [0.2, 0.25) is 0 Å². The third-order valence-electron chi connectivity index (χ3n) is 3.70. The predicted octanol–water partition coefficient (Wildman–Crippen LogP) is 2.36. The number of hydrogen-bond acceptors (Lipinski definition) is 4. The minimum Gasteiger partial charge on any atom is -0.351 e. The number of hydrogen-bond donors (Lipinski definition) is 3. The summed E-state index contributed by atoms with van der Waals surface area (Å²) in [5.41, 5.74) is 1.81. The van der Waals surface area contributed by atoms with Crippen molar-refractivity contribution in [2.45, 2.75) is 13.3 Å². The number of nitrogens with one attached hydrogen (secondary N) is 3. The van der Waals surface area contributed by atoms with E-state index in [0.29, 0.717) is 17.7 Å². The molecule has 0 spiro atoms. The number of anilines is 1. The molecule has 0 unspecified atom stereocenters. The molecule has 0 aliphatic rings. The van der Waals surface area contributed by atoms with Crippen molar-refractivity contribution in [3.05, 3.63) is 71.1 Å². The van der Waals surface area contributed by atoms with E-state index in [-0.39, 0.29) is 24.9 Å². The molecular weight excluding hydrogens is 378 g/mol. The summed E-state index contributed by atoms with van der Waals surface area (Å²) >= 11 is 0. The van der Waals surface area contributed by atoms with Gasteiger partial charge in [0.15, 0.2) is 0 Å². The molecule has 0 bridgehead atoms. The molecule has 0 aromatic heterocycles. The van der Waals surface area contributed by atoms with Crippen LogP contribution >= 0.6 is 0 Å². The van der Waals surface area contributed by atoms with Crippen LogP contribution in [0.4, 0.5) is 5.69 Å². The van der Waals surface area contributed by atoms with Crippen molar-refractivity contribution < 1.29 is 18.0 Å². The Bertz CT molecular complexity index is 924. The molecule has 7 nitrogen and oxygen atoms in total. The highest BCUT2D eigenvalue weighted by Gasteiger charge is 2.07. The van der Waals surface area contributed by atoms with Gasteiger partial charge < -0.3 is 10.6 Å². The second-order valence-corrected chi connectivity index (χ2v) is 7.54. The van der Waals surface area contributed by atoms with E-state index in [2.05, 4.69) is 15.4 Å². The van der Waals surface area contributed by atoms with Crippen LogP contribution in [0.15, 0.2) is 60.0 Å². The number of benzene rings is 2. The number of sulfonamides is 1. The Balaban J connectivity index is 1.77. The molecule has 2 rings (SSSR count). The lowest BCUT2D eigenvalue weighted by molar-refractivity contribution is -0.115. The molecule has 0 radical (unpaired) electrons. The smallest absolute Gasteiger partial charge is 0.251 e. The monoisotopic (exact) mass is 401 g/mol. The molecular formula is C20H23N3O4S. The van der Waals surface area contributed by atoms with Crippen molar-refractivity contribution in [3.8, 4) is 0 Å². The maximum atomic E-state index is 12.1. The van der Waals surface area contributed by atoms with Crippen LogP contribution < -0.4 is 15.4 Å². The molecule has 2 amide bonds. The standard InChI is InChI=1S/C20H23N3O4S/c1-2-19(24)23-18-10-8-17(9-11-18)20(25)21-13-14-22-28(26,27)15-12-16-6-4-3-5-7-16/h3-12,15,22H,2,13-14H2,1H3,(H,21,25)(H,23,24)/b15-12+. The van der Waals surface area contributed by atoms with E-state index in [1.807, 2.05) is 18.2 Å². The topological polar surface area (TPSA) is 104 Å². The van der Waals surface area contributed by atoms with Crippen molar-refractivity contribution in [1.29, 1.82) is 0 Å². The Morgan fingerprint density at radius 2 is 1.64 bits per heavy atom.